The second kappa shape index (κ2) is 10.5. The Kier molecular flexibility index (Phi) is 7.46. The summed E-state index contributed by atoms with van der Waals surface area (Å²) in [5, 5.41) is 2.86. The molecule has 3 aromatic carbocycles. The molecule has 0 fully saturated rings. The summed E-state index contributed by atoms with van der Waals surface area (Å²) in [5.41, 5.74) is 3.69. The lowest BCUT2D eigenvalue weighted by atomic mass is 10.1. The molecule has 1 amide bonds. The van der Waals surface area contributed by atoms with Crippen LogP contribution < -0.4 is 14.8 Å². The van der Waals surface area contributed by atoms with Gasteiger partial charge in [0.15, 0.2) is 0 Å². The van der Waals surface area contributed by atoms with E-state index in [4.69, 9.17) is 9.47 Å². The van der Waals surface area contributed by atoms with Crippen molar-refractivity contribution in [1.82, 2.24) is 0 Å². The number of methoxy groups -OCH3 is 2. The third kappa shape index (κ3) is 6.36. The van der Waals surface area contributed by atoms with Crippen molar-refractivity contribution in [1.29, 1.82) is 0 Å². The summed E-state index contributed by atoms with van der Waals surface area (Å²) in [6, 6.07) is 21.1. The van der Waals surface area contributed by atoms with Gasteiger partial charge < -0.3 is 14.8 Å². The van der Waals surface area contributed by atoms with Gasteiger partial charge in [0.2, 0.25) is 5.91 Å². The number of nitrogens with one attached hydrogen (secondary N) is 1. The highest BCUT2D eigenvalue weighted by Crippen LogP contribution is 2.24. The number of carbonyl (C=O) groups excluding carboxylic acids is 1. The molecule has 0 heterocycles. The molecule has 0 radical (unpaired) electrons. The van der Waals surface area contributed by atoms with Gasteiger partial charge in [-0.3, -0.25) is 4.79 Å². The lowest BCUT2D eigenvalue weighted by Gasteiger charge is -2.06. The molecule has 0 saturated heterocycles. The van der Waals surface area contributed by atoms with Crippen molar-refractivity contribution in [2.75, 3.05) is 19.5 Å². The van der Waals surface area contributed by atoms with Gasteiger partial charge in [0, 0.05) is 22.3 Å². The largest absolute Gasteiger partial charge is 0.497 e. The Hall–Kier alpha value is -3.31. The van der Waals surface area contributed by atoms with Crippen LogP contribution in [0.2, 0.25) is 0 Å². The van der Waals surface area contributed by atoms with Gasteiger partial charge in [-0.1, -0.05) is 52.3 Å². The summed E-state index contributed by atoms with van der Waals surface area (Å²) in [5.74, 6) is 1.30. The van der Waals surface area contributed by atoms with Crippen molar-refractivity contribution < 1.29 is 14.3 Å². The van der Waals surface area contributed by atoms with E-state index >= 15 is 0 Å². The summed E-state index contributed by atoms with van der Waals surface area (Å²) in [7, 11) is 3.26. The molecule has 4 nitrogen and oxygen atoms in total. The van der Waals surface area contributed by atoms with E-state index in [1.54, 1.807) is 20.3 Å². The number of anilines is 1. The van der Waals surface area contributed by atoms with Gasteiger partial charge in [0.05, 0.1) is 14.2 Å². The molecule has 5 heteroatoms. The quantitative estimate of drug-likeness (QED) is 0.330. The van der Waals surface area contributed by atoms with Gasteiger partial charge in [-0.25, -0.2) is 0 Å². The molecule has 152 valence electrons. The van der Waals surface area contributed by atoms with Gasteiger partial charge >= 0.3 is 0 Å². The minimum absolute atomic E-state index is 0.176. The van der Waals surface area contributed by atoms with Crippen molar-refractivity contribution in [3.63, 3.8) is 0 Å². The van der Waals surface area contributed by atoms with E-state index in [2.05, 4.69) is 21.2 Å². The number of halogens is 1. The third-order valence-corrected chi connectivity index (χ3v) is 4.85. The Bertz CT molecular complexity index is 1030. The molecule has 1 N–H and O–H groups in total. The maximum Gasteiger partial charge on any atom is 0.248 e. The molecule has 0 aliphatic carbocycles. The average Bonchev–Trinajstić information content (AvgIpc) is 2.78. The fourth-order valence-electron chi connectivity index (χ4n) is 2.73. The topological polar surface area (TPSA) is 47.6 Å². The van der Waals surface area contributed by atoms with Crippen LogP contribution in [0.4, 0.5) is 5.69 Å². The Morgan fingerprint density at radius 1 is 0.767 bits per heavy atom. The first-order valence-corrected chi connectivity index (χ1v) is 10.1. The van der Waals surface area contributed by atoms with Crippen LogP contribution in [0.1, 0.15) is 16.7 Å². The fourth-order valence-corrected chi connectivity index (χ4v) is 2.99. The van der Waals surface area contributed by atoms with Crippen LogP contribution in [0.5, 0.6) is 11.5 Å². The molecule has 0 aliphatic heterocycles. The van der Waals surface area contributed by atoms with E-state index in [1.807, 2.05) is 78.9 Å². The summed E-state index contributed by atoms with van der Waals surface area (Å²) in [6.45, 7) is 0. The number of amides is 1. The first-order chi connectivity index (χ1) is 14.6. The zero-order valence-corrected chi connectivity index (χ0v) is 18.3. The smallest absolute Gasteiger partial charge is 0.248 e. The minimum atomic E-state index is -0.176. The second-order valence-electron chi connectivity index (χ2n) is 6.48. The molecule has 0 unspecified atom stereocenters. The van der Waals surface area contributed by atoms with Crippen LogP contribution in [0.25, 0.3) is 18.2 Å². The van der Waals surface area contributed by atoms with Crippen molar-refractivity contribution in [3.05, 3.63) is 94.0 Å². The lowest BCUT2D eigenvalue weighted by molar-refractivity contribution is -0.111. The summed E-state index contributed by atoms with van der Waals surface area (Å²) in [6.07, 6.45) is 7.28. The second-order valence-corrected chi connectivity index (χ2v) is 7.39. The van der Waals surface area contributed by atoms with Crippen LogP contribution in [-0.4, -0.2) is 20.1 Å². The van der Waals surface area contributed by atoms with Crippen LogP contribution in [0.15, 0.2) is 77.3 Å². The number of rotatable bonds is 7. The maximum atomic E-state index is 12.1. The molecule has 0 aromatic heterocycles. The van der Waals surface area contributed by atoms with E-state index < -0.39 is 0 Å². The number of ether oxygens (including phenoxy) is 2. The predicted octanol–water partition coefficient (Wildman–Crippen LogP) is 6.29. The van der Waals surface area contributed by atoms with Crippen molar-refractivity contribution in [2.24, 2.45) is 0 Å². The van der Waals surface area contributed by atoms with Gasteiger partial charge in [0.25, 0.3) is 0 Å². The van der Waals surface area contributed by atoms with Gasteiger partial charge in [-0.15, -0.1) is 0 Å². The Labute approximate surface area is 185 Å². The predicted molar refractivity (Wildman–Crippen MR) is 127 cm³/mol. The number of benzene rings is 3. The lowest BCUT2D eigenvalue weighted by Crippen LogP contribution is -2.07. The summed E-state index contributed by atoms with van der Waals surface area (Å²) >= 11 is 3.39. The Morgan fingerprint density at radius 3 is 1.90 bits per heavy atom. The highest BCUT2D eigenvalue weighted by molar-refractivity contribution is 9.10. The highest BCUT2D eigenvalue weighted by Gasteiger charge is 2.00. The first kappa shape index (κ1) is 21.4. The van der Waals surface area contributed by atoms with E-state index in [0.717, 1.165) is 38.3 Å². The van der Waals surface area contributed by atoms with E-state index in [1.165, 1.54) is 6.08 Å². The van der Waals surface area contributed by atoms with Gasteiger partial charge in [-0.2, -0.15) is 0 Å². The maximum absolute atomic E-state index is 12.1. The molecule has 0 aliphatic rings. The number of hydrogen-bond donors (Lipinski definition) is 1. The SMILES string of the molecule is COc1cc(/C=C/c2ccc(NC(=O)/C=C/c3ccc(Br)cc3)cc2)cc(OC)c1. The van der Waals surface area contributed by atoms with Gasteiger partial charge in [0.1, 0.15) is 11.5 Å². The number of carbonyl (C=O) groups is 1. The summed E-state index contributed by atoms with van der Waals surface area (Å²) in [4.78, 5) is 12.1. The fraction of sp³-hybridized carbons (Fsp3) is 0.0800. The normalized spacial score (nSPS) is 11.0. The standard InChI is InChI=1S/C25H22BrNO3/c1-29-23-15-20(16-24(17-23)30-2)4-3-18-7-12-22(13-8-18)27-25(28)14-9-19-5-10-21(26)11-6-19/h3-17H,1-2H3,(H,27,28)/b4-3+,14-9+. The van der Waals surface area contributed by atoms with Crippen LogP contribution in [0, 0.1) is 0 Å². The molecular weight excluding hydrogens is 442 g/mol. The minimum Gasteiger partial charge on any atom is -0.497 e. The molecular formula is C25H22BrNO3. The molecule has 0 atom stereocenters. The van der Waals surface area contributed by atoms with Crippen molar-refractivity contribution >= 4 is 45.8 Å². The van der Waals surface area contributed by atoms with E-state index in [-0.39, 0.29) is 5.91 Å². The van der Waals surface area contributed by atoms with E-state index in [0.29, 0.717) is 0 Å². The molecule has 0 bridgehead atoms. The Balaban J connectivity index is 1.61. The van der Waals surface area contributed by atoms with Crippen LogP contribution in [0.3, 0.4) is 0 Å². The van der Waals surface area contributed by atoms with Gasteiger partial charge in [-0.05, 0) is 59.2 Å². The van der Waals surface area contributed by atoms with Crippen molar-refractivity contribution in [3.8, 4) is 11.5 Å². The van der Waals surface area contributed by atoms with Crippen LogP contribution >= 0.6 is 15.9 Å². The zero-order valence-electron chi connectivity index (χ0n) is 16.8. The highest BCUT2D eigenvalue weighted by atomic mass is 79.9. The number of hydrogen-bond acceptors (Lipinski definition) is 3. The monoisotopic (exact) mass is 463 g/mol. The molecule has 0 saturated carbocycles. The molecule has 3 aromatic rings. The molecule has 30 heavy (non-hydrogen) atoms. The molecule has 3 rings (SSSR count). The molecule has 0 spiro atoms. The van der Waals surface area contributed by atoms with Crippen molar-refractivity contribution in [2.45, 2.75) is 0 Å². The average molecular weight is 464 g/mol. The Morgan fingerprint density at radius 2 is 1.30 bits per heavy atom. The first-order valence-electron chi connectivity index (χ1n) is 9.31. The van der Waals surface area contributed by atoms with E-state index in [9.17, 15) is 4.79 Å². The van der Waals surface area contributed by atoms with Crippen LogP contribution in [-0.2, 0) is 4.79 Å². The third-order valence-electron chi connectivity index (χ3n) is 4.32. The summed E-state index contributed by atoms with van der Waals surface area (Å²) < 4.78 is 11.6. The zero-order chi connectivity index (χ0) is 21.3.